The summed E-state index contributed by atoms with van der Waals surface area (Å²) in [5, 5.41) is 0. The van der Waals surface area contributed by atoms with Gasteiger partial charge in [0, 0.05) is 36.7 Å². The third-order valence-electron chi connectivity index (χ3n) is 4.37. The van der Waals surface area contributed by atoms with Gasteiger partial charge in [0.05, 0.1) is 0 Å². The van der Waals surface area contributed by atoms with Crippen LogP contribution >= 0.6 is 11.8 Å². The van der Waals surface area contributed by atoms with Crippen LogP contribution in [-0.4, -0.2) is 41.6 Å². The predicted molar refractivity (Wildman–Crippen MR) is 63.6 cm³/mol. The molecule has 2 rings (SSSR count). The van der Waals surface area contributed by atoms with Gasteiger partial charge in [-0.2, -0.15) is 11.8 Å². The lowest BCUT2D eigenvalue weighted by molar-refractivity contribution is -0.0663. The summed E-state index contributed by atoms with van der Waals surface area (Å²) in [6.07, 6.45) is 1.31. The molecule has 0 radical (unpaired) electrons. The minimum Gasteiger partial charge on any atom is -0.329 e. The Labute approximate surface area is 91.6 Å². The van der Waals surface area contributed by atoms with Gasteiger partial charge < -0.3 is 5.73 Å². The van der Waals surface area contributed by atoms with Crippen LogP contribution in [0, 0.1) is 11.8 Å². The SMILES string of the molecule is CC1CC(CN)(N2CCSCC2)C1C. The molecule has 3 heteroatoms. The largest absolute Gasteiger partial charge is 0.329 e. The summed E-state index contributed by atoms with van der Waals surface area (Å²) in [6, 6.07) is 0. The second-order valence-corrected chi connectivity index (χ2v) is 6.10. The molecule has 0 aromatic rings. The van der Waals surface area contributed by atoms with Crippen LogP contribution in [0.25, 0.3) is 0 Å². The number of hydrogen-bond acceptors (Lipinski definition) is 3. The van der Waals surface area contributed by atoms with Gasteiger partial charge in [-0.05, 0) is 18.3 Å². The first-order chi connectivity index (χ1) is 6.70. The van der Waals surface area contributed by atoms with Crippen molar-refractivity contribution in [2.75, 3.05) is 31.1 Å². The molecule has 0 bridgehead atoms. The van der Waals surface area contributed by atoms with E-state index in [1.165, 1.54) is 31.0 Å². The lowest BCUT2D eigenvalue weighted by Gasteiger charge is -2.59. The lowest BCUT2D eigenvalue weighted by Crippen LogP contribution is -2.68. The van der Waals surface area contributed by atoms with Crippen molar-refractivity contribution in [3.8, 4) is 0 Å². The normalized spacial score (nSPS) is 44.8. The van der Waals surface area contributed by atoms with E-state index in [1.54, 1.807) is 0 Å². The molecule has 82 valence electrons. The number of rotatable bonds is 2. The summed E-state index contributed by atoms with van der Waals surface area (Å²) in [5.41, 5.74) is 6.37. The van der Waals surface area contributed by atoms with Crippen molar-refractivity contribution in [1.82, 2.24) is 4.90 Å². The quantitative estimate of drug-likeness (QED) is 0.753. The molecular weight excluding hydrogens is 192 g/mol. The molecule has 1 heterocycles. The smallest absolute Gasteiger partial charge is 0.0363 e. The molecule has 2 aliphatic rings. The van der Waals surface area contributed by atoms with Crippen LogP contribution in [0.15, 0.2) is 0 Å². The van der Waals surface area contributed by atoms with E-state index in [4.69, 9.17) is 5.73 Å². The fourth-order valence-corrected chi connectivity index (χ4v) is 4.02. The molecule has 1 saturated carbocycles. The van der Waals surface area contributed by atoms with Gasteiger partial charge in [0.1, 0.15) is 0 Å². The lowest BCUT2D eigenvalue weighted by atomic mass is 9.59. The van der Waals surface area contributed by atoms with Gasteiger partial charge >= 0.3 is 0 Å². The van der Waals surface area contributed by atoms with Gasteiger partial charge in [-0.25, -0.2) is 0 Å². The number of nitrogens with zero attached hydrogens (tertiary/aromatic N) is 1. The Hall–Kier alpha value is 0.270. The van der Waals surface area contributed by atoms with Crippen LogP contribution in [0.2, 0.25) is 0 Å². The molecule has 0 spiro atoms. The Kier molecular flexibility index (Phi) is 3.10. The van der Waals surface area contributed by atoms with E-state index in [9.17, 15) is 0 Å². The van der Waals surface area contributed by atoms with Gasteiger partial charge in [0.15, 0.2) is 0 Å². The molecule has 0 aromatic heterocycles. The first-order valence-corrected chi connectivity index (χ1v) is 6.89. The summed E-state index contributed by atoms with van der Waals surface area (Å²) < 4.78 is 0. The fourth-order valence-electron chi connectivity index (χ4n) is 3.11. The third-order valence-corrected chi connectivity index (χ3v) is 5.31. The first kappa shape index (κ1) is 10.8. The number of nitrogens with two attached hydrogens (primary N) is 1. The van der Waals surface area contributed by atoms with Gasteiger partial charge in [0.2, 0.25) is 0 Å². The monoisotopic (exact) mass is 214 g/mol. The average molecular weight is 214 g/mol. The van der Waals surface area contributed by atoms with Crippen LogP contribution in [-0.2, 0) is 0 Å². The van der Waals surface area contributed by atoms with Gasteiger partial charge in [-0.1, -0.05) is 13.8 Å². The predicted octanol–water partition coefficient (Wildman–Crippen LogP) is 1.41. The van der Waals surface area contributed by atoms with E-state index in [0.29, 0.717) is 5.54 Å². The standard InChI is InChI=1S/C11H22N2S/c1-9-7-11(8-12,10(9)2)13-3-5-14-6-4-13/h9-10H,3-8,12H2,1-2H3. The molecule has 1 aliphatic carbocycles. The second-order valence-electron chi connectivity index (χ2n) is 4.88. The molecule has 1 aliphatic heterocycles. The maximum Gasteiger partial charge on any atom is 0.0363 e. The van der Waals surface area contributed by atoms with Crippen molar-refractivity contribution >= 4 is 11.8 Å². The van der Waals surface area contributed by atoms with E-state index in [1.807, 2.05) is 0 Å². The highest BCUT2D eigenvalue weighted by Gasteiger charge is 2.51. The fraction of sp³-hybridized carbons (Fsp3) is 1.00. The number of thioether (sulfide) groups is 1. The zero-order valence-corrected chi connectivity index (χ0v) is 10.1. The van der Waals surface area contributed by atoms with Gasteiger partial charge in [0.25, 0.3) is 0 Å². The summed E-state index contributed by atoms with van der Waals surface area (Å²) >= 11 is 2.08. The maximum absolute atomic E-state index is 6.00. The topological polar surface area (TPSA) is 29.3 Å². The minimum absolute atomic E-state index is 0.362. The molecule has 1 saturated heterocycles. The van der Waals surface area contributed by atoms with Crippen molar-refractivity contribution in [1.29, 1.82) is 0 Å². The summed E-state index contributed by atoms with van der Waals surface area (Å²) in [4.78, 5) is 2.66. The molecule has 2 nitrogen and oxygen atoms in total. The highest BCUT2D eigenvalue weighted by atomic mass is 32.2. The Bertz CT molecular complexity index is 203. The Morgan fingerprint density at radius 1 is 1.36 bits per heavy atom. The Morgan fingerprint density at radius 3 is 2.43 bits per heavy atom. The molecule has 3 atom stereocenters. The summed E-state index contributed by atoms with van der Waals surface area (Å²) in [5.74, 6) is 4.25. The highest BCUT2D eigenvalue weighted by Crippen LogP contribution is 2.47. The molecule has 0 aromatic carbocycles. The molecular formula is C11H22N2S. The van der Waals surface area contributed by atoms with E-state index in [0.717, 1.165) is 18.4 Å². The molecule has 0 amide bonds. The van der Waals surface area contributed by atoms with E-state index >= 15 is 0 Å². The van der Waals surface area contributed by atoms with Gasteiger partial charge in [-0.3, -0.25) is 4.90 Å². The van der Waals surface area contributed by atoms with Crippen LogP contribution in [0.4, 0.5) is 0 Å². The second kappa shape index (κ2) is 4.03. The Balaban J connectivity index is 2.04. The summed E-state index contributed by atoms with van der Waals surface area (Å²) in [7, 11) is 0. The van der Waals surface area contributed by atoms with Crippen molar-refractivity contribution in [3.63, 3.8) is 0 Å². The van der Waals surface area contributed by atoms with Crippen LogP contribution < -0.4 is 5.73 Å². The van der Waals surface area contributed by atoms with Crippen LogP contribution in [0.1, 0.15) is 20.3 Å². The third kappa shape index (κ3) is 1.50. The summed E-state index contributed by atoms with van der Waals surface area (Å²) in [6.45, 7) is 8.08. The zero-order valence-electron chi connectivity index (χ0n) is 9.33. The highest BCUT2D eigenvalue weighted by molar-refractivity contribution is 7.99. The maximum atomic E-state index is 6.00. The van der Waals surface area contributed by atoms with Crippen LogP contribution in [0.5, 0.6) is 0 Å². The molecule has 2 N–H and O–H groups in total. The first-order valence-electron chi connectivity index (χ1n) is 5.73. The Morgan fingerprint density at radius 2 is 2.00 bits per heavy atom. The number of hydrogen-bond donors (Lipinski definition) is 1. The average Bonchev–Trinajstić information content (AvgIpc) is 2.26. The van der Waals surface area contributed by atoms with Gasteiger partial charge in [-0.15, -0.1) is 0 Å². The van der Waals surface area contributed by atoms with Crippen molar-refractivity contribution in [3.05, 3.63) is 0 Å². The van der Waals surface area contributed by atoms with E-state index in [2.05, 4.69) is 30.5 Å². The van der Waals surface area contributed by atoms with Crippen LogP contribution in [0.3, 0.4) is 0 Å². The molecule has 2 fully saturated rings. The van der Waals surface area contributed by atoms with Crippen molar-refractivity contribution < 1.29 is 0 Å². The van der Waals surface area contributed by atoms with Crippen molar-refractivity contribution in [2.24, 2.45) is 17.6 Å². The molecule has 3 unspecified atom stereocenters. The van der Waals surface area contributed by atoms with E-state index in [-0.39, 0.29) is 0 Å². The van der Waals surface area contributed by atoms with E-state index < -0.39 is 0 Å². The minimum atomic E-state index is 0.362. The molecule has 14 heavy (non-hydrogen) atoms. The zero-order chi connectivity index (χ0) is 10.2. The van der Waals surface area contributed by atoms with Crippen molar-refractivity contribution in [2.45, 2.75) is 25.8 Å².